The second-order valence-corrected chi connectivity index (χ2v) is 12.7. The van der Waals surface area contributed by atoms with Crippen molar-refractivity contribution in [1.29, 1.82) is 5.26 Å². The maximum absolute atomic E-state index is 9.95. The Morgan fingerprint density at radius 2 is 1.00 bits per heavy atom. The van der Waals surface area contributed by atoms with Gasteiger partial charge in [-0.2, -0.15) is 5.26 Å². The molecule has 1 aliphatic carbocycles. The molecule has 0 saturated heterocycles. The molecule has 1 aliphatic rings. The molecule has 0 N–H and O–H groups in total. The topological polar surface area (TPSA) is 62.5 Å². The highest BCUT2D eigenvalue weighted by Crippen LogP contribution is 2.58. The van der Waals surface area contributed by atoms with Gasteiger partial charge in [0.05, 0.1) is 39.8 Å². The predicted molar refractivity (Wildman–Crippen MR) is 204 cm³/mol. The average Bonchev–Trinajstić information content (AvgIpc) is 3.51. The Bertz CT molecular complexity index is 2480. The highest BCUT2D eigenvalue weighted by atomic mass is 14.8. The molecule has 9 rings (SSSR count). The number of aromatic nitrogens is 3. The number of fused-ring (bicyclic) bond motifs is 3. The smallest absolute Gasteiger partial charge is 0.0991 e. The normalized spacial score (nSPS) is 12.5. The Morgan fingerprint density at radius 1 is 0.412 bits per heavy atom. The number of hydrogen-bond acceptors (Lipinski definition) is 4. The Hall–Kier alpha value is -6.96. The van der Waals surface area contributed by atoms with E-state index in [0.717, 1.165) is 45.0 Å². The molecule has 0 spiro atoms. The largest absolute Gasteiger partial charge is 0.255 e. The van der Waals surface area contributed by atoms with Gasteiger partial charge in [0.15, 0.2) is 0 Å². The molecule has 0 atom stereocenters. The Kier molecular flexibility index (Phi) is 7.38. The van der Waals surface area contributed by atoms with Crippen LogP contribution in [0.25, 0.3) is 56.2 Å². The van der Waals surface area contributed by atoms with Crippen LogP contribution in [0.15, 0.2) is 182 Å². The van der Waals surface area contributed by atoms with E-state index >= 15 is 0 Å². The minimum atomic E-state index is -0.573. The maximum Gasteiger partial charge on any atom is 0.0991 e. The number of nitriles is 1. The van der Waals surface area contributed by atoms with Crippen LogP contribution in [0.2, 0.25) is 0 Å². The lowest BCUT2D eigenvalue weighted by Crippen LogP contribution is -2.28. The van der Waals surface area contributed by atoms with Crippen LogP contribution in [0, 0.1) is 11.3 Å². The van der Waals surface area contributed by atoms with Gasteiger partial charge in [0, 0.05) is 12.4 Å². The fraction of sp³-hybridized carbons (Fsp3) is 0.0213. The number of hydrogen-bond donors (Lipinski definition) is 0. The van der Waals surface area contributed by atoms with Crippen LogP contribution < -0.4 is 0 Å². The highest BCUT2D eigenvalue weighted by molar-refractivity contribution is 5.95. The molecule has 0 fully saturated rings. The molecule has 0 amide bonds. The van der Waals surface area contributed by atoms with Crippen LogP contribution in [-0.2, 0) is 5.41 Å². The zero-order valence-corrected chi connectivity index (χ0v) is 27.6. The fourth-order valence-electron chi connectivity index (χ4n) is 7.70. The minimum absolute atomic E-state index is 0.573. The van der Waals surface area contributed by atoms with Gasteiger partial charge in [-0.1, -0.05) is 109 Å². The van der Waals surface area contributed by atoms with Crippen LogP contribution in [0.4, 0.5) is 0 Å². The average molecular weight is 651 g/mol. The Morgan fingerprint density at radius 3 is 1.61 bits per heavy atom. The summed E-state index contributed by atoms with van der Waals surface area (Å²) in [5.41, 5.74) is 14.3. The first-order chi connectivity index (χ1) is 25.2. The number of pyridine rings is 3. The zero-order valence-electron chi connectivity index (χ0n) is 27.6. The molecule has 8 aromatic rings. The third-order valence-electron chi connectivity index (χ3n) is 9.89. The van der Waals surface area contributed by atoms with Gasteiger partial charge in [0.2, 0.25) is 0 Å². The molecule has 4 heteroatoms. The molecule has 0 bridgehead atoms. The number of rotatable bonds is 6. The molecule has 3 aromatic heterocycles. The predicted octanol–water partition coefficient (Wildman–Crippen LogP) is 10.8. The van der Waals surface area contributed by atoms with Crippen molar-refractivity contribution in [3.05, 3.63) is 210 Å². The van der Waals surface area contributed by atoms with E-state index in [0.29, 0.717) is 5.56 Å². The monoisotopic (exact) mass is 650 g/mol. The molecule has 238 valence electrons. The molecular formula is C47H30N4. The Labute approximate surface area is 297 Å². The second kappa shape index (κ2) is 12.5. The maximum atomic E-state index is 9.95. The van der Waals surface area contributed by atoms with Crippen molar-refractivity contribution >= 4 is 0 Å². The molecule has 3 heterocycles. The lowest BCUT2D eigenvalue weighted by molar-refractivity contribution is 0.769. The van der Waals surface area contributed by atoms with E-state index in [-0.39, 0.29) is 0 Å². The van der Waals surface area contributed by atoms with Gasteiger partial charge in [-0.05, 0) is 116 Å². The van der Waals surface area contributed by atoms with Crippen LogP contribution in [0.1, 0.15) is 27.8 Å². The number of benzene rings is 5. The van der Waals surface area contributed by atoms with Crippen LogP contribution in [-0.4, -0.2) is 15.0 Å². The van der Waals surface area contributed by atoms with E-state index < -0.39 is 5.41 Å². The van der Waals surface area contributed by atoms with Gasteiger partial charge >= 0.3 is 0 Å². The van der Waals surface area contributed by atoms with E-state index in [4.69, 9.17) is 15.0 Å². The summed E-state index contributed by atoms with van der Waals surface area (Å²) in [7, 11) is 0. The SMILES string of the molecule is N#Cc1cccc(-c2cc3c(cc2-c2cc(-c4ccccn4)nc(-c4ccccn4)c2)C(c2ccccc2)(c2ccccc2)c2ccccc2-3)c1. The van der Waals surface area contributed by atoms with Crippen LogP contribution in [0.5, 0.6) is 0 Å². The molecule has 5 aromatic carbocycles. The van der Waals surface area contributed by atoms with E-state index in [1.165, 1.54) is 33.4 Å². The molecule has 0 aliphatic heterocycles. The fourth-order valence-corrected chi connectivity index (χ4v) is 7.70. The van der Waals surface area contributed by atoms with Gasteiger partial charge in [0.1, 0.15) is 0 Å². The highest BCUT2D eigenvalue weighted by Gasteiger charge is 2.46. The first-order valence-electron chi connectivity index (χ1n) is 17.0. The summed E-state index contributed by atoms with van der Waals surface area (Å²) >= 11 is 0. The quantitative estimate of drug-likeness (QED) is 0.180. The Balaban J connectivity index is 1.42. The second-order valence-electron chi connectivity index (χ2n) is 12.7. The molecule has 0 saturated carbocycles. The van der Waals surface area contributed by atoms with Crippen molar-refractivity contribution in [2.75, 3.05) is 0 Å². The molecule has 0 unspecified atom stereocenters. The first-order valence-corrected chi connectivity index (χ1v) is 17.0. The summed E-state index contributed by atoms with van der Waals surface area (Å²) in [4.78, 5) is 14.5. The first kappa shape index (κ1) is 30.1. The summed E-state index contributed by atoms with van der Waals surface area (Å²) in [6, 6.07) is 61.4. The minimum Gasteiger partial charge on any atom is -0.255 e. The molecular weight excluding hydrogens is 621 g/mol. The summed E-state index contributed by atoms with van der Waals surface area (Å²) in [5, 5.41) is 9.95. The van der Waals surface area contributed by atoms with Crippen molar-refractivity contribution in [3.63, 3.8) is 0 Å². The zero-order chi connectivity index (χ0) is 34.2. The van der Waals surface area contributed by atoms with Gasteiger partial charge in [-0.3, -0.25) is 9.97 Å². The van der Waals surface area contributed by atoms with E-state index in [1.807, 2.05) is 54.6 Å². The summed E-state index contributed by atoms with van der Waals surface area (Å²) in [5.74, 6) is 0. The van der Waals surface area contributed by atoms with Crippen LogP contribution >= 0.6 is 0 Å². The van der Waals surface area contributed by atoms with E-state index in [9.17, 15) is 5.26 Å². The summed E-state index contributed by atoms with van der Waals surface area (Å²) in [6.45, 7) is 0. The van der Waals surface area contributed by atoms with Gasteiger partial charge in [0.25, 0.3) is 0 Å². The van der Waals surface area contributed by atoms with E-state index in [2.05, 4.69) is 121 Å². The lowest BCUT2D eigenvalue weighted by atomic mass is 9.67. The standard InChI is InChI=1S/C47H30N4/c48-31-32-14-13-15-33(26-32)38-29-40-37-20-7-8-21-41(37)47(35-16-3-1-4-17-35,36-18-5-2-6-19-36)42(40)30-39(38)34-27-45(43-22-9-11-24-49-43)51-46(28-34)44-23-10-12-25-50-44/h1-30H. The summed E-state index contributed by atoms with van der Waals surface area (Å²) in [6.07, 6.45) is 3.59. The van der Waals surface area contributed by atoms with Crippen molar-refractivity contribution < 1.29 is 0 Å². The summed E-state index contributed by atoms with van der Waals surface area (Å²) < 4.78 is 0. The van der Waals surface area contributed by atoms with Crippen LogP contribution in [0.3, 0.4) is 0 Å². The van der Waals surface area contributed by atoms with Crippen molar-refractivity contribution in [2.24, 2.45) is 0 Å². The molecule has 0 radical (unpaired) electrons. The van der Waals surface area contributed by atoms with E-state index in [1.54, 1.807) is 12.4 Å². The number of nitrogens with zero attached hydrogens (tertiary/aromatic N) is 4. The van der Waals surface area contributed by atoms with Crippen molar-refractivity contribution in [3.8, 4) is 62.2 Å². The lowest BCUT2D eigenvalue weighted by Gasteiger charge is -2.34. The van der Waals surface area contributed by atoms with Crippen molar-refractivity contribution in [2.45, 2.75) is 5.41 Å². The molecule has 4 nitrogen and oxygen atoms in total. The van der Waals surface area contributed by atoms with Gasteiger partial charge < -0.3 is 0 Å². The third-order valence-corrected chi connectivity index (χ3v) is 9.89. The van der Waals surface area contributed by atoms with Gasteiger partial charge in [-0.15, -0.1) is 0 Å². The third kappa shape index (κ3) is 5.03. The molecule has 51 heavy (non-hydrogen) atoms. The van der Waals surface area contributed by atoms with Crippen molar-refractivity contribution in [1.82, 2.24) is 15.0 Å². The van der Waals surface area contributed by atoms with Gasteiger partial charge in [-0.25, -0.2) is 4.98 Å².